The van der Waals surface area contributed by atoms with Crippen molar-refractivity contribution < 1.29 is 4.79 Å². The van der Waals surface area contributed by atoms with Gasteiger partial charge in [0, 0.05) is 22.6 Å². The second kappa shape index (κ2) is 6.75. The normalized spacial score (nSPS) is 26.8. The summed E-state index contributed by atoms with van der Waals surface area (Å²) in [5.41, 5.74) is 2.68. The fourth-order valence-electron chi connectivity index (χ4n) is 4.63. The van der Waals surface area contributed by atoms with Gasteiger partial charge in [0.25, 0.3) is 0 Å². The van der Waals surface area contributed by atoms with E-state index >= 15 is 0 Å². The fraction of sp³-hybridized carbons (Fsp3) is 0.231. The van der Waals surface area contributed by atoms with E-state index in [0.29, 0.717) is 0 Å². The third-order valence-electron chi connectivity index (χ3n) is 6.53. The molecule has 6 rings (SSSR count). The maximum absolute atomic E-state index is 13.4. The van der Waals surface area contributed by atoms with Gasteiger partial charge in [-0.3, -0.25) is 4.79 Å². The van der Waals surface area contributed by atoms with Crippen molar-refractivity contribution in [2.24, 2.45) is 15.4 Å². The summed E-state index contributed by atoms with van der Waals surface area (Å²) in [6.07, 6.45) is 19.7. The summed E-state index contributed by atoms with van der Waals surface area (Å²) in [5, 5.41) is 5.36. The minimum Gasteiger partial charge on any atom is -0.375 e. The molecule has 6 heterocycles. The lowest BCUT2D eigenvalue weighted by Crippen LogP contribution is -2.29. The minimum absolute atomic E-state index is 0.106. The highest BCUT2D eigenvalue weighted by Gasteiger charge is 2.46. The number of imidazole rings is 1. The highest BCUT2D eigenvalue weighted by Crippen LogP contribution is 2.39. The number of Topliss-reactive ketones (excluding diaryl/α,β-unsaturated/α-hetero) is 1. The molecule has 0 amide bonds. The van der Waals surface area contributed by atoms with Crippen LogP contribution >= 0.6 is 0 Å². The Morgan fingerprint density at radius 2 is 1.85 bits per heavy atom. The van der Waals surface area contributed by atoms with Gasteiger partial charge in [0.05, 0.1) is 34.6 Å². The number of nitrogens with zero attached hydrogens (tertiary/aromatic N) is 4. The van der Waals surface area contributed by atoms with Crippen LogP contribution < -0.4 is 16.0 Å². The number of carbonyl (C=O) groups excluding carboxylic acids is 1. The molecule has 164 valence electrons. The zero-order chi connectivity index (χ0) is 22.8. The van der Waals surface area contributed by atoms with Crippen molar-refractivity contribution in [2.75, 3.05) is 0 Å². The van der Waals surface area contributed by atoms with Crippen molar-refractivity contribution in [3.8, 4) is 0 Å². The predicted molar refractivity (Wildman–Crippen MR) is 129 cm³/mol. The molecule has 7 nitrogen and oxygen atoms in total. The standard InChI is InChI=1S/C26H24N6O/c1-16-14-32(15-27-16)26-9-8-21(31-26)11-19-5-4-17(28-19)10-18-6-7-20(29-18)12-22-24(33)25(2,3)23(13-26)30-22/h4-15,22,28,30H,1-3H3. The average molecular weight is 437 g/mol. The first-order valence-electron chi connectivity index (χ1n) is 11.0. The molecular formula is C26H24N6O. The number of allylic oxidation sites excluding steroid dienone is 4. The zero-order valence-corrected chi connectivity index (χ0v) is 18.7. The average Bonchev–Trinajstić information content (AvgIpc) is 3.57. The smallest absolute Gasteiger partial charge is 0.177 e. The van der Waals surface area contributed by atoms with E-state index in [-0.39, 0.29) is 5.78 Å². The first-order chi connectivity index (χ1) is 15.8. The zero-order valence-electron chi connectivity index (χ0n) is 18.7. The second-order valence-electron chi connectivity index (χ2n) is 9.36. The number of rotatable bonds is 1. The third-order valence-corrected chi connectivity index (χ3v) is 6.53. The first kappa shape index (κ1) is 19.7. The Bertz CT molecular complexity index is 1500. The van der Waals surface area contributed by atoms with Crippen molar-refractivity contribution >= 4 is 29.4 Å². The topological polar surface area (TPSA) is 87.4 Å². The highest BCUT2D eigenvalue weighted by molar-refractivity contribution is 6.19. The predicted octanol–water partition coefficient (Wildman–Crippen LogP) is 1.80. The first-order valence-corrected chi connectivity index (χ1v) is 11.0. The van der Waals surface area contributed by atoms with Crippen molar-refractivity contribution in [3.05, 3.63) is 88.9 Å². The molecule has 4 aliphatic heterocycles. The van der Waals surface area contributed by atoms with Crippen LogP contribution in [0.5, 0.6) is 0 Å². The summed E-state index contributed by atoms with van der Waals surface area (Å²) in [7, 11) is 0. The van der Waals surface area contributed by atoms with E-state index in [0.717, 1.165) is 39.2 Å². The Hall–Kier alpha value is -4.00. The number of aliphatic imine (C=N–C) groups is 2. The SMILES string of the molecule is Cc1cn(C23C=CC(=N2)C=c2ccc([nH]2)=CC2=NC(=CC4NC(=C3)C(C)(C)C4=O)C=C2)cn1. The number of aromatic nitrogens is 3. The van der Waals surface area contributed by atoms with Gasteiger partial charge in [-0.1, -0.05) is 0 Å². The number of H-pyrrole nitrogens is 1. The molecular weight excluding hydrogens is 412 g/mol. The summed E-state index contributed by atoms with van der Waals surface area (Å²) >= 11 is 0. The molecule has 0 spiro atoms. The third kappa shape index (κ3) is 3.19. The van der Waals surface area contributed by atoms with Crippen LogP contribution in [0.2, 0.25) is 0 Å². The molecule has 1 saturated heterocycles. The number of aromatic amines is 1. The fourth-order valence-corrected chi connectivity index (χ4v) is 4.63. The minimum atomic E-state index is -0.813. The largest absolute Gasteiger partial charge is 0.375 e. The van der Waals surface area contributed by atoms with E-state index in [1.807, 2.05) is 92.3 Å². The number of hydrogen-bond acceptors (Lipinski definition) is 5. The van der Waals surface area contributed by atoms with Crippen LogP contribution in [0.25, 0.3) is 12.2 Å². The lowest BCUT2D eigenvalue weighted by atomic mass is 9.84. The van der Waals surface area contributed by atoms with Crippen LogP contribution in [0.15, 0.2) is 82.5 Å². The molecule has 2 atom stereocenters. The van der Waals surface area contributed by atoms with Crippen LogP contribution in [0.3, 0.4) is 0 Å². The number of aryl methyl sites for hydroxylation is 1. The molecule has 0 saturated carbocycles. The van der Waals surface area contributed by atoms with Crippen molar-refractivity contribution in [3.63, 3.8) is 0 Å². The van der Waals surface area contributed by atoms with Gasteiger partial charge in [0.1, 0.15) is 6.04 Å². The Labute approximate surface area is 191 Å². The van der Waals surface area contributed by atoms with Crippen LogP contribution in [-0.4, -0.2) is 37.8 Å². The van der Waals surface area contributed by atoms with Crippen molar-refractivity contribution in [2.45, 2.75) is 32.5 Å². The molecule has 4 aliphatic rings. The van der Waals surface area contributed by atoms with E-state index in [1.54, 1.807) is 6.33 Å². The molecule has 8 bridgehead atoms. The van der Waals surface area contributed by atoms with E-state index in [1.165, 1.54) is 0 Å². The molecule has 2 aromatic heterocycles. The summed E-state index contributed by atoms with van der Waals surface area (Å²) in [5.74, 6) is 0.106. The summed E-state index contributed by atoms with van der Waals surface area (Å²) in [6, 6.07) is 3.59. The van der Waals surface area contributed by atoms with Gasteiger partial charge >= 0.3 is 0 Å². The van der Waals surface area contributed by atoms with Gasteiger partial charge in [0.15, 0.2) is 11.4 Å². The molecule has 0 radical (unpaired) electrons. The Balaban J connectivity index is 1.60. The number of carbonyl (C=O) groups is 1. The van der Waals surface area contributed by atoms with E-state index in [4.69, 9.17) is 4.99 Å². The van der Waals surface area contributed by atoms with Gasteiger partial charge in [-0.15, -0.1) is 0 Å². The molecule has 2 aromatic rings. The van der Waals surface area contributed by atoms with Crippen molar-refractivity contribution in [1.82, 2.24) is 19.9 Å². The van der Waals surface area contributed by atoms with Crippen LogP contribution in [0, 0.1) is 12.3 Å². The lowest BCUT2D eigenvalue weighted by Gasteiger charge is -2.26. The van der Waals surface area contributed by atoms with Gasteiger partial charge in [-0.05, 0) is 81.5 Å². The van der Waals surface area contributed by atoms with E-state index in [2.05, 4.69) is 20.3 Å². The van der Waals surface area contributed by atoms with Crippen molar-refractivity contribution in [1.29, 1.82) is 0 Å². The number of ketones is 1. The molecule has 7 heteroatoms. The highest BCUT2D eigenvalue weighted by atomic mass is 16.1. The molecule has 1 fully saturated rings. The summed E-state index contributed by atoms with van der Waals surface area (Å²) in [6.45, 7) is 5.86. The molecule has 2 N–H and O–H groups in total. The van der Waals surface area contributed by atoms with Gasteiger partial charge in [-0.25, -0.2) is 15.0 Å². The maximum Gasteiger partial charge on any atom is 0.177 e. The summed E-state index contributed by atoms with van der Waals surface area (Å²) < 4.78 is 1.98. The van der Waals surface area contributed by atoms with Gasteiger partial charge in [-0.2, -0.15) is 0 Å². The Morgan fingerprint density at radius 3 is 2.61 bits per heavy atom. The number of hydrogen-bond donors (Lipinski definition) is 2. The van der Waals surface area contributed by atoms with Gasteiger partial charge < -0.3 is 14.9 Å². The second-order valence-corrected chi connectivity index (χ2v) is 9.36. The van der Waals surface area contributed by atoms with E-state index in [9.17, 15) is 4.79 Å². The van der Waals surface area contributed by atoms with Gasteiger partial charge in [0.2, 0.25) is 0 Å². The quantitative estimate of drug-likeness (QED) is 0.715. The Kier molecular flexibility index (Phi) is 4.02. The molecule has 2 unspecified atom stereocenters. The number of nitrogens with one attached hydrogen (secondary N) is 2. The van der Waals surface area contributed by atoms with Crippen LogP contribution in [0.4, 0.5) is 0 Å². The molecule has 0 aliphatic carbocycles. The summed E-state index contributed by atoms with van der Waals surface area (Å²) in [4.78, 5) is 30.9. The maximum atomic E-state index is 13.4. The van der Waals surface area contributed by atoms with E-state index < -0.39 is 17.1 Å². The Morgan fingerprint density at radius 1 is 1.06 bits per heavy atom. The molecule has 33 heavy (non-hydrogen) atoms. The van der Waals surface area contributed by atoms with Crippen LogP contribution in [0.1, 0.15) is 19.5 Å². The monoisotopic (exact) mass is 436 g/mol. The lowest BCUT2D eigenvalue weighted by molar-refractivity contribution is -0.123. The number of fused-ring (bicyclic) bond motifs is 6. The van der Waals surface area contributed by atoms with Crippen LogP contribution in [-0.2, 0) is 10.5 Å². The molecule has 0 aromatic carbocycles.